The molecule has 0 radical (unpaired) electrons. The molecule has 1 saturated heterocycles. The van der Waals surface area contributed by atoms with E-state index in [0.717, 1.165) is 6.07 Å². The molecule has 1 aromatic carbocycles. The number of Topliss-reactive ketones (excluding diaryl/α,β-unsaturated/α-hetero) is 1. The largest absolute Gasteiger partial charge is 0.508 e. The number of aliphatic hydroxyl groups is 1. The van der Waals surface area contributed by atoms with Crippen molar-refractivity contribution in [2.24, 2.45) is 0 Å². The van der Waals surface area contributed by atoms with Crippen LogP contribution in [0.2, 0.25) is 0 Å². The summed E-state index contributed by atoms with van der Waals surface area (Å²) in [6, 6.07) is 3.96. The number of piperidine rings is 1. The lowest BCUT2D eigenvalue weighted by atomic mass is 10.1. The van der Waals surface area contributed by atoms with Crippen LogP contribution in [0.3, 0.4) is 0 Å². The van der Waals surface area contributed by atoms with E-state index >= 15 is 0 Å². The van der Waals surface area contributed by atoms with E-state index in [2.05, 4.69) is 0 Å². The van der Waals surface area contributed by atoms with Crippen molar-refractivity contribution in [2.45, 2.75) is 18.9 Å². The molecule has 0 spiro atoms. The van der Waals surface area contributed by atoms with Gasteiger partial charge in [0.2, 0.25) is 0 Å². The van der Waals surface area contributed by atoms with E-state index in [1.165, 1.54) is 12.1 Å². The molecule has 0 atom stereocenters. The predicted octanol–water partition coefficient (Wildman–Crippen LogP) is 0.737. The number of aromatic hydroxyl groups is 2. The van der Waals surface area contributed by atoms with Gasteiger partial charge in [-0.25, -0.2) is 0 Å². The van der Waals surface area contributed by atoms with Crippen molar-refractivity contribution in [3.05, 3.63) is 23.8 Å². The zero-order valence-corrected chi connectivity index (χ0v) is 10.0. The minimum Gasteiger partial charge on any atom is -0.508 e. The summed E-state index contributed by atoms with van der Waals surface area (Å²) in [5, 5.41) is 28.1. The third kappa shape index (κ3) is 3.00. The molecule has 18 heavy (non-hydrogen) atoms. The number of benzene rings is 1. The van der Waals surface area contributed by atoms with Crippen molar-refractivity contribution in [2.75, 3.05) is 19.6 Å². The fourth-order valence-electron chi connectivity index (χ4n) is 2.12. The van der Waals surface area contributed by atoms with Crippen LogP contribution in [0.4, 0.5) is 0 Å². The molecule has 1 heterocycles. The van der Waals surface area contributed by atoms with Gasteiger partial charge in [-0.05, 0) is 25.0 Å². The van der Waals surface area contributed by atoms with E-state index in [9.17, 15) is 15.0 Å². The second-order valence-electron chi connectivity index (χ2n) is 4.63. The van der Waals surface area contributed by atoms with Crippen LogP contribution in [0.15, 0.2) is 18.2 Å². The minimum atomic E-state index is -0.265. The molecule has 1 fully saturated rings. The number of nitrogens with zero attached hydrogens (tertiary/aromatic N) is 1. The van der Waals surface area contributed by atoms with Gasteiger partial charge in [0.05, 0.1) is 18.2 Å². The standard InChI is InChI=1S/C13H17NO4/c15-9-3-5-14(6-4-9)8-13(18)11-2-1-10(16)7-12(11)17/h1-2,7,9,15-17H,3-6,8H2. The Bertz CT molecular complexity index is 439. The van der Waals surface area contributed by atoms with Gasteiger partial charge in [0.15, 0.2) is 5.78 Å². The first-order valence-electron chi connectivity index (χ1n) is 6.02. The SMILES string of the molecule is O=C(CN1CCC(O)CC1)c1ccc(O)cc1O. The summed E-state index contributed by atoms with van der Waals surface area (Å²) in [6.45, 7) is 1.60. The number of ketones is 1. The summed E-state index contributed by atoms with van der Waals surface area (Å²) in [4.78, 5) is 13.9. The maximum atomic E-state index is 12.0. The molecular formula is C13H17NO4. The number of rotatable bonds is 3. The van der Waals surface area contributed by atoms with Gasteiger partial charge >= 0.3 is 0 Å². The molecule has 5 nitrogen and oxygen atoms in total. The minimum absolute atomic E-state index is 0.0647. The number of hydrogen-bond acceptors (Lipinski definition) is 5. The second kappa shape index (κ2) is 5.37. The summed E-state index contributed by atoms with van der Waals surface area (Å²) in [5.74, 6) is -0.439. The first kappa shape index (κ1) is 12.9. The van der Waals surface area contributed by atoms with Gasteiger partial charge in [-0.3, -0.25) is 9.69 Å². The van der Waals surface area contributed by atoms with Gasteiger partial charge in [0.1, 0.15) is 11.5 Å². The lowest BCUT2D eigenvalue weighted by Gasteiger charge is -2.28. The van der Waals surface area contributed by atoms with E-state index in [-0.39, 0.29) is 35.5 Å². The van der Waals surface area contributed by atoms with Crippen molar-refractivity contribution in [1.29, 1.82) is 0 Å². The Morgan fingerprint density at radius 1 is 1.28 bits per heavy atom. The van der Waals surface area contributed by atoms with Crippen LogP contribution >= 0.6 is 0 Å². The number of carbonyl (C=O) groups is 1. The highest BCUT2D eigenvalue weighted by Crippen LogP contribution is 2.23. The van der Waals surface area contributed by atoms with E-state index in [4.69, 9.17) is 5.11 Å². The fraction of sp³-hybridized carbons (Fsp3) is 0.462. The number of hydrogen-bond donors (Lipinski definition) is 3. The van der Waals surface area contributed by atoms with Crippen LogP contribution in [0.1, 0.15) is 23.2 Å². The van der Waals surface area contributed by atoms with E-state index in [1.807, 2.05) is 4.90 Å². The van der Waals surface area contributed by atoms with Crippen LogP contribution in [-0.2, 0) is 0 Å². The smallest absolute Gasteiger partial charge is 0.180 e. The highest BCUT2D eigenvalue weighted by molar-refractivity contribution is 6.00. The Hall–Kier alpha value is -1.59. The van der Waals surface area contributed by atoms with Crippen LogP contribution in [-0.4, -0.2) is 51.7 Å². The summed E-state index contributed by atoms with van der Waals surface area (Å²) in [5.41, 5.74) is 0.221. The van der Waals surface area contributed by atoms with Gasteiger partial charge in [0, 0.05) is 19.2 Å². The average molecular weight is 251 g/mol. The Kier molecular flexibility index (Phi) is 3.84. The molecule has 0 bridgehead atoms. The fourth-order valence-corrected chi connectivity index (χ4v) is 2.12. The first-order chi connectivity index (χ1) is 8.56. The molecule has 2 rings (SSSR count). The number of phenolic OH excluding ortho intramolecular Hbond substituents is 2. The lowest BCUT2D eigenvalue weighted by Crippen LogP contribution is -2.39. The molecule has 1 aliphatic heterocycles. The summed E-state index contributed by atoms with van der Waals surface area (Å²) < 4.78 is 0. The van der Waals surface area contributed by atoms with E-state index in [0.29, 0.717) is 25.9 Å². The molecule has 3 N–H and O–H groups in total. The zero-order valence-electron chi connectivity index (χ0n) is 10.0. The van der Waals surface area contributed by atoms with E-state index in [1.54, 1.807) is 0 Å². The summed E-state index contributed by atoms with van der Waals surface area (Å²) in [6.07, 6.45) is 1.09. The van der Waals surface area contributed by atoms with Gasteiger partial charge in [-0.1, -0.05) is 0 Å². The molecule has 0 aromatic heterocycles. The number of likely N-dealkylation sites (tertiary alicyclic amines) is 1. The maximum absolute atomic E-state index is 12.0. The highest BCUT2D eigenvalue weighted by atomic mass is 16.3. The summed E-state index contributed by atoms with van der Waals surface area (Å²) in [7, 11) is 0. The van der Waals surface area contributed by atoms with Gasteiger partial charge in [0.25, 0.3) is 0 Å². The van der Waals surface area contributed by atoms with Crippen molar-refractivity contribution in [3.8, 4) is 11.5 Å². The number of aliphatic hydroxyl groups excluding tert-OH is 1. The monoisotopic (exact) mass is 251 g/mol. The third-order valence-electron chi connectivity index (χ3n) is 3.21. The Morgan fingerprint density at radius 2 is 1.94 bits per heavy atom. The molecule has 1 aliphatic rings. The van der Waals surface area contributed by atoms with Crippen LogP contribution < -0.4 is 0 Å². The quantitative estimate of drug-likeness (QED) is 0.690. The summed E-state index contributed by atoms with van der Waals surface area (Å²) >= 11 is 0. The average Bonchev–Trinajstić information content (AvgIpc) is 2.32. The second-order valence-corrected chi connectivity index (χ2v) is 4.63. The Labute approximate surface area is 105 Å². The van der Waals surface area contributed by atoms with Crippen molar-refractivity contribution in [1.82, 2.24) is 4.90 Å². The van der Waals surface area contributed by atoms with Crippen LogP contribution in [0.25, 0.3) is 0 Å². The molecule has 98 valence electrons. The molecule has 5 heteroatoms. The van der Waals surface area contributed by atoms with Gasteiger partial charge in [-0.2, -0.15) is 0 Å². The van der Waals surface area contributed by atoms with Crippen molar-refractivity contribution < 1.29 is 20.1 Å². The molecule has 0 saturated carbocycles. The molecule has 0 amide bonds. The van der Waals surface area contributed by atoms with Gasteiger partial charge < -0.3 is 15.3 Å². The number of carbonyl (C=O) groups excluding carboxylic acids is 1. The molecule has 0 unspecified atom stereocenters. The van der Waals surface area contributed by atoms with Crippen LogP contribution in [0.5, 0.6) is 11.5 Å². The molecule has 1 aromatic rings. The van der Waals surface area contributed by atoms with Gasteiger partial charge in [-0.15, -0.1) is 0 Å². The third-order valence-corrected chi connectivity index (χ3v) is 3.21. The topological polar surface area (TPSA) is 81.0 Å². The lowest BCUT2D eigenvalue weighted by molar-refractivity contribution is 0.0709. The molecular weight excluding hydrogens is 234 g/mol. The first-order valence-corrected chi connectivity index (χ1v) is 6.02. The zero-order chi connectivity index (χ0) is 13.1. The number of phenols is 2. The highest BCUT2D eigenvalue weighted by Gasteiger charge is 2.20. The van der Waals surface area contributed by atoms with Crippen molar-refractivity contribution in [3.63, 3.8) is 0 Å². The normalized spacial score (nSPS) is 17.8. The van der Waals surface area contributed by atoms with Crippen LogP contribution in [0, 0.1) is 0 Å². The Morgan fingerprint density at radius 3 is 2.56 bits per heavy atom. The van der Waals surface area contributed by atoms with E-state index < -0.39 is 0 Å². The molecule has 0 aliphatic carbocycles. The van der Waals surface area contributed by atoms with Crippen molar-refractivity contribution >= 4 is 5.78 Å². The Balaban J connectivity index is 1.99. The predicted molar refractivity (Wildman–Crippen MR) is 65.8 cm³/mol. The maximum Gasteiger partial charge on any atom is 0.180 e.